The first-order valence-electron chi connectivity index (χ1n) is 8.98. The lowest BCUT2D eigenvalue weighted by Crippen LogP contribution is -2.45. The summed E-state index contributed by atoms with van der Waals surface area (Å²) in [6.07, 6.45) is 4.23. The normalized spacial score (nSPS) is 24.8. The van der Waals surface area contributed by atoms with Crippen LogP contribution in [-0.2, 0) is 10.2 Å². The predicted octanol–water partition coefficient (Wildman–Crippen LogP) is 2.92. The van der Waals surface area contributed by atoms with E-state index in [9.17, 15) is 4.39 Å². The first-order chi connectivity index (χ1) is 11.6. The van der Waals surface area contributed by atoms with E-state index in [1.165, 1.54) is 25.0 Å². The second kappa shape index (κ2) is 7.51. The molecule has 2 saturated heterocycles. The van der Waals surface area contributed by atoms with Crippen LogP contribution >= 0.6 is 0 Å². The van der Waals surface area contributed by atoms with Crippen molar-refractivity contribution in [3.05, 3.63) is 35.6 Å². The van der Waals surface area contributed by atoms with Crippen LogP contribution in [0, 0.1) is 11.7 Å². The summed E-state index contributed by atoms with van der Waals surface area (Å²) in [6, 6.07) is 6.84. The molecule has 0 saturated carbocycles. The van der Waals surface area contributed by atoms with Gasteiger partial charge in [-0.15, -0.1) is 0 Å². The molecule has 2 N–H and O–H groups in total. The van der Waals surface area contributed by atoms with Crippen LogP contribution < -0.4 is 5.73 Å². The van der Waals surface area contributed by atoms with Crippen molar-refractivity contribution < 1.29 is 9.13 Å². The number of rotatable bonds is 3. The van der Waals surface area contributed by atoms with Crippen LogP contribution in [0.3, 0.4) is 0 Å². The van der Waals surface area contributed by atoms with E-state index < -0.39 is 0 Å². The van der Waals surface area contributed by atoms with Gasteiger partial charge in [-0.2, -0.15) is 0 Å². The Balaban J connectivity index is 1.77. The summed E-state index contributed by atoms with van der Waals surface area (Å²) in [5.41, 5.74) is 7.31. The van der Waals surface area contributed by atoms with Crippen LogP contribution in [0.4, 0.5) is 4.39 Å². The van der Waals surface area contributed by atoms with E-state index in [-0.39, 0.29) is 11.2 Å². The highest BCUT2D eigenvalue weighted by atomic mass is 19.1. The average molecular weight is 333 g/mol. The van der Waals surface area contributed by atoms with Crippen molar-refractivity contribution in [1.82, 2.24) is 4.90 Å². The predicted molar refractivity (Wildman–Crippen MR) is 94.6 cm³/mol. The number of guanidine groups is 1. The number of ether oxygens (including phenoxy) is 1. The highest BCUT2D eigenvalue weighted by molar-refractivity contribution is 5.78. The van der Waals surface area contributed by atoms with Crippen molar-refractivity contribution in [2.45, 2.75) is 38.0 Å². The zero-order chi connectivity index (χ0) is 17.0. The fourth-order valence-corrected chi connectivity index (χ4v) is 3.83. The Morgan fingerprint density at radius 2 is 2.04 bits per heavy atom. The van der Waals surface area contributed by atoms with Crippen molar-refractivity contribution in [1.29, 1.82) is 0 Å². The first kappa shape index (κ1) is 17.2. The van der Waals surface area contributed by atoms with Gasteiger partial charge in [-0.3, -0.25) is 4.99 Å². The molecule has 1 unspecified atom stereocenters. The third kappa shape index (κ3) is 3.89. The summed E-state index contributed by atoms with van der Waals surface area (Å²) in [6.45, 7) is 6.31. The molecule has 1 atom stereocenters. The lowest BCUT2D eigenvalue weighted by Gasteiger charge is -2.37. The molecule has 2 fully saturated rings. The van der Waals surface area contributed by atoms with Crippen molar-refractivity contribution in [3.63, 3.8) is 0 Å². The standard InChI is InChI=1S/C19H28FN3O/c1-15-3-2-10-23(13-15)18(21)22-14-19(8-11-24-12-9-19)16-4-6-17(20)7-5-16/h4-7,15H,2-3,8-14H2,1H3,(H2,21,22). The summed E-state index contributed by atoms with van der Waals surface area (Å²) in [4.78, 5) is 6.95. The van der Waals surface area contributed by atoms with Crippen LogP contribution in [0.5, 0.6) is 0 Å². The topological polar surface area (TPSA) is 50.8 Å². The number of nitrogens with two attached hydrogens (primary N) is 1. The summed E-state index contributed by atoms with van der Waals surface area (Å²) in [5, 5.41) is 0. The molecular formula is C19H28FN3O. The fourth-order valence-electron chi connectivity index (χ4n) is 3.83. The summed E-state index contributed by atoms with van der Waals surface area (Å²) >= 11 is 0. The molecule has 2 aliphatic rings. The molecule has 3 rings (SSSR count). The first-order valence-corrected chi connectivity index (χ1v) is 8.98. The number of piperidine rings is 1. The van der Waals surface area contributed by atoms with Crippen LogP contribution in [0.2, 0.25) is 0 Å². The molecule has 0 bridgehead atoms. The SMILES string of the molecule is CC1CCCN(C(N)=NCC2(c3ccc(F)cc3)CCOCC2)C1. The molecule has 0 radical (unpaired) electrons. The number of aliphatic imine (C=N–C) groups is 1. The van der Waals surface area contributed by atoms with Gasteiger partial charge in [0.1, 0.15) is 5.82 Å². The molecule has 0 aliphatic carbocycles. The fraction of sp³-hybridized carbons (Fsp3) is 0.632. The maximum Gasteiger partial charge on any atom is 0.191 e. The smallest absolute Gasteiger partial charge is 0.191 e. The highest BCUT2D eigenvalue weighted by Gasteiger charge is 2.34. The minimum Gasteiger partial charge on any atom is -0.381 e. The van der Waals surface area contributed by atoms with Gasteiger partial charge in [0.25, 0.3) is 0 Å². The molecule has 0 aromatic heterocycles. The molecule has 0 spiro atoms. The highest BCUT2D eigenvalue weighted by Crippen LogP contribution is 2.35. The number of likely N-dealkylation sites (tertiary alicyclic amines) is 1. The number of hydrogen-bond donors (Lipinski definition) is 1. The Labute approximate surface area is 143 Å². The summed E-state index contributed by atoms with van der Waals surface area (Å²) in [5.74, 6) is 1.11. The Hall–Kier alpha value is -1.62. The zero-order valence-electron chi connectivity index (χ0n) is 14.5. The number of halogens is 1. The van der Waals surface area contributed by atoms with Crippen molar-refractivity contribution in [2.24, 2.45) is 16.6 Å². The van der Waals surface area contributed by atoms with Gasteiger partial charge in [-0.05, 0) is 49.3 Å². The van der Waals surface area contributed by atoms with Gasteiger partial charge in [0.05, 0.1) is 6.54 Å². The van der Waals surface area contributed by atoms with Gasteiger partial charge in [-0.1, -0.05) is 19.1 Å². The maximum absolute atomic E-state index is 13.3. The molecule has 1 aromatic rings. The van der Waals surface area contributed by atoms with Gasteiger partial charge < -0.3 is 15.4 Å². The molecule has 1 aromatic carbocycles. The number of benzene rings is 1. The molecule has 24 heavy (non-hydrogen) atoms. The van der Waals surface area contributed by atoms with Gasteiger partial charge >= 0.3 is 0 Å². The summed E-state index contributed by atoms with van der Waals surface area (Å²) in [7, 11) is 0. The molecule has 2 heterocycles. The quantitative estimate of drug-likeness (QED) is 0.683. The summed E-state index contributed by atoms with van der Waals surface area (Å²) < 4.78 is 18.8. The minimum absolute atomic E-state index is 0.0992. The van der Waals surface area contributed by atoms with E-state index in [1.54, 1.807) is 0 Å². The number of nitrogens with zero attached hydrogens (tertiary/aromatic N) is 2. The van der Waals surface area contributed by atoms with Crippen LogP contribution in [0.15, 0.2) is 29.3 Å². The molecular weight excluding hydrogens is 305 g/mol. The van der Waals surface area contributed by atoms with Crippen molar-refractivity contribution in [3.8, 4) is 0 Å². The van der Waals surface area contributed by atoms with Gasteiger partial charge in [0.15, 0.2) is 5.96 Å². The number of hydrogen-bond acceptors (Lipinski definition) is 2. The van der Waals surface area contributed by atoms with E-state index in [0.717, 1.165) is 31.5 Å². The van der Waals surface area contributed by atoms with Crippen LogP contribution in [0.1, 0.15) is 38.2 Å². The lowest BCUT2D eigenvalue weighted by molar-refractivity contribution is 0.0530. The Kier molecular flexibility index (Phi) is 5.39. The van der Waals surface area contributed by atoms with Crippen LogP contribution in [0.25, 0.3) is 0 Å². The zero-order valence-corrected chi connectivity index (χ0v) is 14.5. The molecule has 0 amide bonds. The third-order valence-electron chi connectivity index (χ3n) is 5.43. The van der Waals surface area contributed by atoms with E-state index in [0.29, 0.717) is 31.6 Å². The van der Waals surface area contributed by atoms with E-state index in [2.05, 4.69) is 11.8 Å². The van der Waals surface area contributed by atoms with E-state index in [1.807, 2.05) is 12.1 Å². The Bertz CT molecular complexity index is 566. The molecule has 4 nitrogen and oxygen atoms in total. The minimum atomic E-state index is -0.203. The monoisotopic (exact) mass is 333 g/mol. The Morgan fingerprint density at radius 3 is 2.71 bits per heavy atom. The van der Waals surface area contributed by atoms with Crippen LogP contribution in [-0.4, -0.2) is 43.7 Å². The van der Waals surface area contributed by atoms with Gasteiger partial charge in [0, 0.05) is 31.7 Å². The van der Waals surface area contributed by atoms with Gasteiger partial charge in [-0.25, -0.2) is 4.39 Å². The molecule has 132 valence electrons. The second-order valence-corrected chi connectivity index (χ2v) is 7.27. The van der Waals surface area contributed by atoms with E-state index in [4.69, 9.17) is 15.5 Å². The Morgan fingerprint density at radius 1 is 1.33 bits per heavy atom. The second-order valence-electron chi connectivity index (χ2n) is 7.27. The van der Waals surface area contributed by atoms with E-state index >= 15 is 0 Å². The van der Waals surface area contributed by atoms with Crippen molar-refractivity contribution >= 4 is 5.96 Å². The molecule has 5 heteroatoms. The largest absolute Gasteiger partial charge is 0.381 e. The van der Waals surface area contributed by atoms with Crippen molar-refractivity contribution in [2.75, 3.05) is 32.8 Å². The maximum atomic E-state index is 13.3. The van der Waals surface area contributed by atoms with Gasteiger partial charge in [0.2, 0.25) is 0 Å². The molecule has 2 aliphatic heterocycles. The lowest BCUT2D eigenvalue weighted by atomic mass is 9.74. The average Bonchev–Trinajstić information content (AvgIpc) is 2.61. The third-order valence-corrected chi connectivity index (χ3v) is 5.43.